The molecule has 1 aromatic rings. The summed E-state index contributed by atoms with van der Waals surface area (Å²) in [6.45, 7) is 5.41. The van der Waals surface area contributed by atoms with Crippen molar-refractivity contribution in [2.75, 3.05) is 0 Å². The first-order valence-corrected chi connectivity index (χ1v) is 4.89. The van der Waals surface area contributed by atoms with Crippen LogP contribution in [0.3, 0.4) is 0 Å². The summed E-state index contributed by atoms with van der Waals surface area (Å²) in [5.74, 6) is 0.918. The van der Waals surface area contributed by atoms with Gasteiger partial charge < -0.3 is 4.74 Å². The second-order valence-electron chi connectivity index (χ2n) is 3.11. The largest absolute Gasteiger partial charge is 0.443 e. The van der Waals surface area contributed by atoms with Crippen LogP contribution in [0.2, 0.25) is 5.15 Å². The van der Waals surface area contributed by atoms with Crippen LogP contribution in [0.1, 0.15) is 29.8 Å². The zero-order valence-corrected chi connectivity index (χ0v) is 9.63. The number of hydrogen-bond acceptors (Lipinski definition) is 3. The molecular weight excluding hydrogens is 214 g/mol. The molecule has 0 bridgehead atoms. The van der Waals surface area contributed by atoms with Gasteiger partial charge in [0.2, 0.25) is 5.88 Å². The fourth-order valence-corrected chi connectivity index (χ4v) is 1.11. The lowest BCUT2D eigenvalue weighted by Crippen LogP contribution is -1.99. The van der Waals surface area contributed by atoms with Gasteiger partial charge in [-0.15, -0.1) is 0 Å². The highest BCUT2D eigenvalue weighted by Gasteiger charge is 2.09. The Morgan fingerprint density at radius 2 is 2.27 bits per heavy atom. The fraction of sp³-hybridized carbons (Fsp3) is 0.273. The molecule has 1 aromatic heterocycles. The summed E-state index contributed by atoms with van der Waals surface area (Å²) in [6.07, 6.45) is 2.48. The van der Waals surface area contributed by atoms with Gasteiger partial charge in [-0.2, -0.15) is 0 Å². The Labute approximate surface area is 93.7 Å². The van der Waals surface area contributed by atoms with Crippen LogP contribution in [0.15, 0.2) is 17.9 Å². The van der Waals surface area contributed by atoms with E-state index in [1.54, 1.807) is 26.0 Å². The van der Waals surface area contributed by atoms with Crippen LogP contribution in [0.5, 0.6) is 5.88 Å². The van der Waals surface area contributed by atoms with Crippen molar-refractivity contribution in [3.05, 3.63) is 34.2 Å². The van der Waals surface area contributed by atoms with E-state index in [9.17, 15) is 4.79 Å². The number of hydrogen-bond donors (Lipinski definition) is 0. The lowest BCUT2D eigenvalue weighted by atomic mass is 10.2. The van der Waals surface area contributed by atoms with Gasteiger partial charge in [0, 0.05) is 0 Å². The third-order valence-corrected chi connectivity index (χ3v) is 2.32. The normalized spacial score (nSPS) is 11.3. The molecule has 0 unspecified atom stereocenters. The number of pyridine rings is 1. The Morgan fingerprint density at radius 3 is 2.80 bits per heavy atom. The Morgan fingerprint density at radius 1 is 1.60 bits per heavy atom. The molecule has 0 atom stereocenters. The minimum Gasteiger partial charge on any atom is -0.443 e. The summed E-state index contributed by atoms with van der Waals surface area (Å²) in [7, 11) is 0. The lowest BCUT2D eigenvalue weighted by molar-refractivity contribution is 0.112. The number of carbonyl (C=O) groups excluding carboxylic acids is 1. The van der Waals surface area contributed by atoms with E-state index in [0.717, 1.165) is 5.56 Å². The molecule has 4 heteroatoms. The van der Waals surface area contributed by atoms with Crippen molar-refractivity contribution in [2.24, 2.45) is 0 Å². The topological polar surface area (TPSA) is 39.2 Å². The van der Waals surface area contributed by atoms with Crippen LogP contribution < -0.4 is 4.74 Å². The predicted octanol–water partition coefficient (Wildman–Crippen LogP) is 3.16. The molecule has 15 heavy (non-hydrogen) atoms. The molecule has 0 aliphatic heterocycles. The number of aldehydes is 1. The molecule has 0 fully saturated rings. The Balaban J connectivity index is 3.16. The first-order valence-electron chi connectivity index (χ1n) is 4.51. The van der Waals surface area contributed by atoms with Crippen LogP contribution >= 0.6 is 11.6 Å². The van der Waals surface area contributed by atoms with Crippen molar-refractivity contribution >= 4 is 17.9 Å². The van der Waals surface area contributed by atoms with E-state index in [0.29, 0.717) is 22.8 Å². The van der Waals surface area contributed by atoms with Crippen molar-refractivity contribution < 1.29 is 9.53 Å². The maximum Gasteiger partial charge on any atom is 0.230 e. The van der Waals surface area contributed by atoms with E-state index in [-0.39, 0.29) is 5.88 Å². The quantitative estimate of drug-likeness (QED) is 0.451. The molecule has 0 amide bonds. The molecule has 0 saturated carbocycles. The van der Waals surface area contributed by atoms with Gasteiger partial charge in [0.05, 0.1) is 11.3 Å². The first kappa shape index (κ1) is 11.7. The van der Waals surface area contributed by atoms with Gasteiger partial charge in [0.1, 0.15) is 5.15 Å². The van der Waals surface area contributed by atoms with Gasteiger partial charge in [-0.1, -0.05) is 11.6 Å². The first-order chi connectivity index (χ1) is 7.08. The molecule has 80 valence electrons. The minimum atomic E-state index is 0.246. The zero-order chi connectivity index (χ0) is 11.4. The summed E-state index contributed by atoms with van der Waals surface area (Å²) < 4.78 is 5.36. The number of carbonyl (C=O) groups is 1. The molecule has 1 rings (SSSR count). The Hall–Kier alpha value is -1.35. The summed E-state index contributed by atoms with van der Waals surface area (Å²) in [5.41, 5.74) is 1.15. The number of aryl methyl sites for hydroxylation is 1. The average Bonchev–Trinajstić information content (AvgIpc) is 2.22. The number of nitrogens with zero attached hydrogens (tertiary/aromatic N) is 1. The van der Waals surface area contributed by atoms with Gasteiger partial charge in [-0.05, 0) is 38.5 Å². The van der Waals surface area contributed by atoms with Crippen molar-refractivity contribution in [3.8, 4) is 5.88 Å². The summed E-state index contributed by atoms with van der Waals surface area (Å²) in [4.78, 5) is 14.8. The highest BCUT2D eigenvalue weighted by Crippen LogP contribution is 2.22. The molecular formula is C11H12ClNO2. The van der Waals surface area contributed by atoms with Crippen LogP contribution in [0.4, 0.5) is 0 Å². The lowest BCUT2D eigenvalue weighted by Gasteiger charge is -2.08. The molecule has 0 aromatic carbocycles. The standard InChI is InChI=1S/C11H12ClNO2/c1-4-8(3)15-11-9(6-14)5-7(2)10(12)13-11/h4-6H,1-3H3/b8-4-. The van der Waals surface area contributed by atoms with E-state index < -0.39 is 0 Å². The highest BCUT2D eigenvalue weighted by atomic mass is 35.5. The molecule has 0 N–H and O–H groups in total. The van der Waals surface area contributed by atoms with Gasteiger partial charge in [0.25, 0.3) is 0 Å². The minimum absolute atomic E-state index is 0.246. The average molecular weight is 226 g/mol. The molecule has 1 heterocycles. The third-order valence-electron chi connectivity index (χ3n) is 1.94. The molecule has 0 aliphatic carbocycles. The predicted molar refractivity (Wildman–Crippen MR) is 59.4 cm³/mol. The van der Waals surface area contributed by atoms with Crippen molar-refractivity contribution in [1.82, 2.24) is 4.98 Å². The van der Waals surface area contributed by atoms with Crippen molar-refractivity contribution in [1.29, 1.82) is 0 Å². The van der Waals surface area contributed by atoms with Crippen LogP contribution in [-0.2, 0) is 0 Å². The van der Waals surface area contributed by atoms with Crippen LogP contribution in [0.25, 0.3) is 0 Å². The maximum atomic E-state index is 10.8. The third kappa shape index (κ3) is 2.80. The number of aromatic nitrogens is 1. The number of halogens is 1. The number of ether oxygens (including phenoxy) is 1. The van der Waals surface area contributed by atoms with Gasteiger partial charge >= 0.3 is 0 Å². The maximum absolute atomic E-state index is 10.8. The zero-order valence-electron chi connectivity index (χ0n) is 8.87. The SMILES string of the molecule is C/C=C(/C)Oc1nc(Cl)c(C)cc1C=O. The van der Waals surface area contributed by atoms with Gasteiger partial charge in [-0.3, -0.25) is 4.79 Å². The summed E-state index contributed by atoms with van der Waals surface area (Å²) in [5, 5.41) is 0.347. The monoisotopic (exact) mass is 225 g/mol. The molecule has 0 radical (unpaired) electrons. The second kappa shape index (κ2) is 4.94. The van der Waals surface area contributed by atoms with Crippen molar-refractivity contribution in [2.45, 2.75) is 20.8 Å². The van der Waals surface area contributed by atoms with Gasteiger partial charge in [0.15, 0.2) is 6.29 Å². The smallest absolute Gasteiger partial charge is 0.230 e. The summed E-state index contributed by atoms with van der Waals surface area (Å²) >= 11 is 5.84. The highest BCUT2D eigenvalue weighted by molar-refractivity contribution is 6.30. The Kier molecular flexibility index (Phi) is 3.86. The molecule has 0 aliphatic rings. The van der Waals surface area contributed by atoms with E-state index in [4.69, 9.17) is 16.3 Å². The van der Waals surface area contributed by atoms with E-state index in [2.05, 4.69) is 4.98 Å². The Bertz CT molecular complexity index is 413. The second-order valence-corrected chi connectivity index (χ2v) is 3.47. The molecule has 0 spiro atoms. The summed E-state index contributed by atoms with van der Waals surface area (Å²) in [6, 6.07) is 1.65. The van der Waals surface area contributed by atoms with Crippen molar-refractivity contribution in [3.63, 3.8) is 0 Å². The number of allylic oxidation sites excluding steroid dienone is 2. The number of rotatable bonds is 3. The fourth-order valence-electron chi connectivity index (χ4n) is 0.974. The molecule has 3 nitrogen and oxygen atoms in total. The van der Waals surface area contributed by atoms with Crippen LogP contribution in [-0.4, -0.2) is 11.3 Å². The molecule has 0 saturated heterocycles. The van der Waals surface area contributed by atoms with E-state index in [1.165, 1.54) is 0 Å². The van der Waals surface area contributed by atoms with E-state index in [1.807, 2.05) is 6.92 Å². The van der Waals surface area contributed by atoms with Gasteiger partial charge in [-0.25, -0.2) is 4.98 Å². The van der Waals surface area contributed by atoms with E-state index >= 15 is 0 Å². The van der Waals surface area contributed by atoms with Crippen LogP contribution in [0, 0.1) is 6.92 Å².